The van der Waals surface area contributed by atoms with Crippen LogP contribution in [0.1, 0.15) is 37.3 Å². The summed E-state index contributed by atoms with van der Waals surface area (Å²) in [5.41, 5.74) is 3.63. The molecular weight excluding hydrogens is 560 g/mol. The molecule has 3 aromatic rings. The Hall–Kier alpha value is -3.30. The van der Waals surface area contributed by atoms with Crippen LogP contribution in [-0.4, -0.2) is 83.8 Å². The predicted molar refractivity (Wildman–Crippen MR) is 162 cm³/mol. The fourth-order valence-electron chi connectivity index (χ4n) is 6.68. The smallest absolute Gasteiger partial charge is 0.319 e. The number of alkyl halides is 1. The van der Waals surface area contributed by atoms with Crippen molar-refractivity contribution in [2.75, 3.05) is 44.7 Å². The van der Waals surface area contributed by atoms with Crippen molar-refractivity contribution in [2.45, 2.75) is 57.3 Å². The zero-order valence-corrected chi connectivity index (χ0v) is 24.8. The van der Waals surface area contributed by atoms with Gasteiger partial charge in [0.05, 0.1) is 5.02 Å². The number of amides is 1. The van der Waals surface area contributed by atoms with E-state index in [1.807, 2.05) is 35.9 Å². The van der Waals surface area contributed by atoms with E-state index >= 15 is 4.39 Å². The van der Waals surface area contributed by atoms with Crippen molar-refractivity contribution in [3.8, 4) is 17.1 Å². The van der Waals surface area contributed by atoms with E-state index in [4.69, 9.17) is 21.3 Å². The Morgan fingerprint density at radius 3 is 2.76 bits per heavy atom. The maximum absolute atomic E-state index is 16.7. The summed E-state index contributed by atoms with van der Waals surface area (Å²) in [5.74, 6) is -0.145. The van der Waals surface area contributed by atoms with Gasteiger partial charge in [-0.05, 0) is 74.9 Å². The first-order valence-electron chi connectivity index (χ1n) is 14.7. The van der Waals surface area contributed by atoms with Crippen molar-refractivity contribution in [1.82, 2.24) is 19.8 Å². The molecule has 0 spiro atoms. The average molecular weight is 596 g/mol. The summed E-state index contributed by atoms with van der Waals surface area (Å²) in [6.45, 7) is 7.54. The summed E-state index contributed by atoms with van der Waals surface area (Å²) in [4.78, 5) is 27.3. The highest BCUT2D eigenvalue weighted by atomic mass is 35.5. The summed E-state index contributed by atoms with van der Waals surface area (Å²) >= 11 is 6.88. The molecule has 6 rings (SSSR count). The number of fused-ring (bicyclic) bond motifs is 2. The van der Waals surface area contributed by atoms with Crippen molar-refractivity contribution >= 4 is 34.2 Å². The number of rotatable bonds is 6. The number of likely N-dealkylation sites (N-methyl/N-ethyl adjacent to an activating group) is 1. The van der Waals surface area contributed by atoms with Gasteiger partial charge in [-0.25, -0.2) is 8.78 Å². The number of aryl methyl sites for hydroxylation is 1. The number of hydrogen-bond acceptors (Lipinski definition) is 6. The first kappa shape index (κ1) is 28.8. The Morgan fingerprint density at radius 1 is 1.21 bits per heavy atom. The normalized spacial score (nSPS) is 22.8. The quantitative estimate of drug-likeness (QED) is 0.345. The fraction of sp³-hybridized carbons (Fsp3) is 0.469. The standard InChI is InChI=1S/C32H36ClF2N5O2/c1-4-27(41)39-12-13-40(19(2)16-39)31-25-15-26(33)28(24-11-7-9-20-8-5-6-10-23(20)24)29(35)30(25)36-32(37-31)42-18-22-14-21(34)17-38(22)3/h4,7,9,11,15,19,21-22H,1,5-6,8,10,12-14,16-18H2,2-3H3/t19-,21+,22-/m0/s1. The lowest BCUT2D eigenvalue weighted by Gasteiger charge is -2.40. The van der Waals surface area contributed by atoms with Gasteiger partial charge >= 0.3 is 6.01 Å². The number of anilines is 1. The van der Waals surface area contributed by atoms with Gasteiger partial charge in [-0.1, -0.05) is 36.4 Å². The molecule has 7 nitrogen and oxygen atoms in total. The van der Waals surface area contributed by atoms with Crippen LogP contribution in [0.4, 0.5) is 14.6 Å². The highest BCUT2D eigenvalue weighted by Gasteiger charge is 2.32. The van der Waals surface area contributed by atoms with E-state index in [0.29, 0.717) is 54.4 Å². The minimum Gasteiger partial charge on any atom is -0.462 e. The third-order valence-corrected chi connectivity index (χ3v) is 9.23. The van der Waals surface area contributed by atoms with E-state index in [0.717, 1.165) is 36.8 Å². The van der Waals surface area contributed by atoms with Crippen LogP contribution in [0.2, 0.25) is 5.02 Å². The fourth-order valence-corrected chi connectivity index (χ4v) is 6.98. The van der Waals surface area contributed by atoms with Gasteiger partial charge < -0.3 is 14.5 Å². The molecule has 0 unspecified atom stereocenters. The number of benzene rings is 2. The van der Waals surface area contributed by atoms with Gasteiger partial charge in [-0.15, -0.1) is 0 Å². The first-order valence-corrected chi connectivity index (χ1v) is 15.1. The zero-order valence-electron chi connectivity index (χ0n) is 24.1. The molecule has 1 amide bonds. The number of carbonyl (C=O) groups is 1. The average Bonchev–Trinajstić information content (AvgIpc) is 3.32. The third-order valence-electron chi connectivity index (χ3n) is 8.94. The van der Waals surface area contributed by atoms with E-state index in [9.17, 15) is 9.18 Å². The highest BCUT2D eigenvalue weighted by molar-refractivity contribution is 6.34. The number of likely N-dealkylation sites (tertiary alicyclic amines) is 1. The van der Waals surface area contributed by atoms with Gasteiger partial charge in [0.15, 0.2) is 5.82 Å². The van der Waals surface area contributed by atoms with Gasteiger partial charge in [-0.3, -0.25) is 9.69 Å². The summed E-state index contributed by atoms with van der Waals surface area (Å²) < 4.78 is 36.8. The lowest BCUT2D eigenvalue weighted by molar-refractivity contribution is -0.126. The maximum atomic E-state index is 16.7. The van der Waals surface area contributed by atoms with Crippen LogP contribution in [0.15, 0.2) is 36.9 Å². The Kier molecular flexibility index (Phi) is 8.07. The molecule has 0 bridgehead atoms. The van der Waals surface area contributed by atoms with Gasteiger partial charge in [0.1, 0.15) is 24.1 Å². The van der Waals surface area contributed by atoms with Crippen LogP contribution in [0.25, 0.3) is 22.0 Å². The summed E-state index contributed by atoms with van der Waals surface area (Å²) in [7, 11) is 1.86. The zero-order chi connectivity index (χ0) is 29.5. The van der Waals surface area contributed by atoms with Crippen molar-refractivity contribution in [3.63, 3.8) is 0 Å². The minimum absolute atomic E-state index is 0.0345. The van der Waals surface area contributed by atoms with Crippen LogP contribution in [0, 0.1) is 5.82 Å². The van der Waals surface area contributed by atoms with Crippen LogP contribution in [0.3, 0.4) is 0 Å². The lowest BCUT2D eigenvalue weighted by Crippen LogP contribution is -2.53. The molecule has 222 valence electrons. The molecule has 3 atom stereocenters. The van der Waals surface area contributed by atoms with Gasteiger partial charge in [0.25, 0.3) is 0 Å². The molecule has 2 saturated heterocycles. The van der Waals surface area contributed by atoms with Crippen LogP contribution in [-0.2, 0) is 17.6 Å². The van der Waals surface area contributed by atoms with E-state index in [1.54, 1.807) is 11.0 Å². The van der Waals surface area contributed by atoms with E-state index in [-0.39, 0.29) is 36.1 Å². The molecule has 1 aliphatic carbocycles. The first-order chi connectivity index (χ1) is 20.2. The van der Waals surface area contributed by atoms with Crippen molar-refractivity contribution in [1.29, 1.82) is 0 Å². The molecule has 2 fully saturated rings. The van der Waals surface area contributed by atoms with Crippen LogP contribution in [0.5, 0.6) is 6.01 Å². The third kappa shape index (κ3) is 5.33. The highest BCUT2D eigenvalue weighted by Crippen LogP contribution is 2.42. The molecule has 0 radical (unpaired) electrons. The number of hydrogen-bond donors (Lipinski definition) is 0. The Labute approximate surface area is 250 Å². The maximum Gasteiger partial charge on any atom is 0.319 e. The van der Waals surface area contributed by atoms with Crippen molar-refractivity contribution in [3.05, 3.63) is 58.9 Å². The molecule has 10 heteroatoms. The number of nitrogens with zero attached hydrogens (tertiary/aromatic N) is 5. The van der Waals surface area contributed by atoms with Crippen molar-refractivity contribution < 1.29 is 18.3 Å². The molecule has 0 N–H and O–H groups in total. The Bertz CT molecular complexity index is 1530. The van der Waals surface area contributed by atoms with E-state index in [1.165, 1.54) is 11.6 Å². The van der Waals surface area contributed by atoms with Crippen LogP contribution < -0.4 is 9.64 Å². The topological polar surface area (TPSA) is 61.8 Å². The number of aromatic nitrogens is 2. The second-order valence-corrected chi connectivity index (χ2v) is 12.1. The molecule has 3 heterocycles. The summed E-state index contributed by atoms with van der Waals surface area (Å²) in [6.07, 6.45) is 4.77. The summed E-state index contributed by atoms with van der Waals surface area (Å²) in [5, 5.41) is 0.780. The largest absolute Gasteiger partial charge is 0.462 e. The van der Waals surface area contributed by atoms with Gasteiger partial charge in [0, 0.05) is 49.2 Å². The second kappa shape index (κ2) is 11.8. The second-order valence-electron chi connectivity index (χ2n) is 11.7. The molecule has 3 aliphatic rings. The SMILES string of the molecule is C=CC(=O)N1CCN(c2nc(OC[C@@H]3C[C@@H](F)CN3C)nc3c(F)c(-c4cccc5c4CCCC5)c(Cl)cc23)[C@@H](C)C1. The Balaban J connectivity index is 1.45. The van der Waals surface area contributed by atoms with Gasteiger partial charge in [-0.2, -0.15) is 9.97 Å². The molecule has 42 heavy (non-hydrogen) atoms. The van der Waals surface area contributed by atoms with Gasteiger partial charge in [0.2, 0.25) is 5.91 Å². The van der Waals surface area contributed by atoms with Crippen molar-refractivity contribution in [2.24, 2.45) is 0 Å². The number of piperazine rings is 1. The van der Waals surface area contributed by atoms with E-state index < -0.39 is 12.0 Å². The van der Waals surface area contributed by atoms with Crippen LogP contribution >= 0.6 is 11.6 Å². The lowest BCUT2D eigenvalue weighted by atomic mass is 9.85. The molecule has 0 saturated carbocycles. The predicted octanol–water partition coefficient (Wildman–Crippen LogP) is 5.61. The monoisotopic (exact) mass is 595 g/mol. The molecular formula is C32H36ClF2N5O2. The number of carbonyl (C=O) groups excluding carboxylic acids is 1. The number of halogens is 3. The van der Waals surface area contributed by atoms with E-state index in [2.05, 4.69) is 17.6 Å². The summed E-state index contributed by atoms with van der Waals surface area (Å²) in [6, 6.07) is 7.54. The molecule has 2 aliphatic heterocycles. The Morgan fingerprint density at radius 2 is 2.02 bits per heavy atom. The number of ether oxygens (including phenoxy) is 1. The minimum atomic E-state index is -0.911. The molecule has 1 aromatic heterocycles. The molecule has 2 aromatic carbocycles.